The number of likely N-dealkylation sites (tertiary alicyclic amines) is 1. The van der Waals surface area contributed by atoms with Crippen LogP contribution in [0.5, 0.6) is 6.01 Å². The van der Waals surface area contributed by atoms with Gasteiger partial charge in [-0.25, -0.2) is 4.39 Å². The maximum absolute atomic E-state index is 14.2. The Kier molecular flexibility index (Phi) is 6.61. The second kappa shape index (κ2) is 8.92. The fourth-order valence-corrected chi connectivity index (χ4v) is 3.51. The Morgan fingerprint density at radius 3 is 2.38 bits per heavy atom. The highest BCUT2D eigenvalue weighted by molar-refractivity contribution is 9.10. The van der Waals surface area contributed by atoms with Crippen LogP contribution in [0.25, 0.3) is 10.9 Å². The molecule has 1 aromatic carbocycles. The lowest BCUT2D eigenvalue weighted by atomic mass is 10.2. The summed E-state index contributed by atoms with van der Waals surface area (Å²) in [5.74, 6) is 0.333. The van der Waals surface area contributed by atoms with E-state index in [1.807, 2.05) is 6.07 Å². The first-order valence-electron chi connectivity index (χ1n) is 8.94. The SMILES string of the molecule is CN1CCCC1.COc1nc(N2CCNCC2)c2ccc(Br)c(F)c2n1. The van der Waals surface area contributed by atoms with Gasteiger partial charge in [0.05, 0.1) is 11.6 Å². The lowest BCUT2D eigenvalue weighted by Gasteiger charge is -2.29. The van der Waals surface area contributed by atoms with Crippen molar-refractivity contribution in [1.82, 2.24) is 20.2 Å². The molecule has 6 nitrogen and oxygen atoms in total. The maximum atomic E-state index is 14.2. The smallest absolute Gasteiger partial charge is 0.318 e. The first kappa shape index (κ1) is 19.3. The Hall–Kier alpha value is -1.51. The van der Waals surface area contributed by atoms with E-state index in [0.29, 0.717) is 9.86 Å². The molecular weight excluding hydrogens is 401 g/mol. The molecule has 0 atom stereocenters. The second-order valence-corrected chi connectivity index (χ2v) is 7.39. The van der Waals surface area contributed by atoms with E-state index in [-0.39, 0.29) is 17.3 Å². The van der Waals surface area contributed by atoms with Crippen molar-refractivity contribution in [3.8, 4) is 6.01 Å². The first-order chi connectivity index (χ1) is 12.6. The van der Waals surface area contributed by atoms with Gasteiger partial charge in [-0.15, -0.1) is 0 Å². The third-order valence-electron chi connectivity index (χ3n) is 4.65. The number of fused-ring (bicyclic) bond motifs is 1. The van der Waals surface area contributed by atoms with Crippen LogP contribution in [0.15, 0.2) is 16.6 Å². The Bertz CT molecular complexity index is 748. The number of piperazine rings is 1. The van der Waals surface area contributed by atoms with Gasteiger partial charge < -0.3 is 19.9 Å². The summed E-state index contributed by atoms with van der Waals surface area (Å²) in [4.78, 5) is 13.0. The van der Waals surface area contributed by atoms with E-state index >= 15 is 0 Å². The van der Waals surface area contributed by atoms with Gasteiger partial charge in [-0.3, -0.25) is 0 Å². The van der Waals surface area contributed by atoms with Crippen LogP contribution in [-0.2, 0) is 0 Å². The molecule has 1 N–H and O–H groups in total. The highest BCUT2D eigenvalue weighted by Crippen LogP contribution is 2.31. The minimum atomic E-state index is -0.389. The van der Waals surface area contributed by atoms with Crippen molar-refractivity contribution >= 4 is 32.7 Å². The molecular formula is C18H25BrFN5O. The van der Waals surface area contributed by atoms with Crippen LogP contribution in [0.4, 0.5) is 10.2 Å². The third-order valence-corrected chi connectivity index (χ3v) is 5.26. The monoisotopic (exact) mass is 425 g/mol. The topological polar surface area (TPSA) is 53.5 Å². The molecule has 2 aromatic rings. The molecule has 2 fully saturated rings. The number of hydrogen-bond acceptors (Lipinski definition) is 6. The Morgan fingerprint density at radius 1 is 1.12 bits per heavy atom. The van der Waals surface area contributed by atoms with Gasteiger partial charge in [-0.1, -0.05) is 0 Å². The summed E-state index contributed by atoms with van der Waals surface area (Å²) < 4.78 is 19.7. The summed E-state index contributed by atoms with van der Waals surface area (Å²) in [7, 11) is 3.66. The van der Waals surface area contributed by atoms with Crippen molar-refractivity contribution in [2.45, 2.75) is 12.8 Å². The van der Waals surface area contributed by atoms with Gasteiger partial charge in [0.25, 0.3) is 0 Å². The summed E-state index contributed by atoms with van der Waals surface area (Å²) in [6, 6.07) is 3.70. The van der Waals surface area contributed by atoms with Crippen LogP contribution in [-0.4, -0.2) is 68.3 Å². The van der Waals surface area contributed by atoms with Gasteiger partial charge in [0.2, 0.25) is 0 Å². The zero-order valence-corrected chi connectivity index (χ0v) is 16.9. The molecule has 2 aliphatic rings. The number of nitrogens with zero attached hydrogens (tertiary/aromatic N) is 4. The van der Waals surface area contributed by atoms with Gasteiger partial charge in [0.15, 0.2) is 5.82 Å². The van der Waals surface area contributed by atoms with E-state index in [1.165, 1.54) is 33.0 Å². The van der Waals surface area contributed by atoms with E-state index in [1.54, 1.807) is 6.07 Å². The number of hydrogen-bond donors (Lipinski definition) is 1. The number of benzene rings is 1. The third kappa shape index (κ3) is 4.42. The molecule has 26 heavy (non-hydrogen) atoms. The highest BCUT2D eigenvalue weighted by Gasteiger charge is 2.19. The Balaban J connectivity index is 0.000000278. The minimum Gasteiger partial charge on any atom is -0.467 e. The normalized spacial score (nSPS) is 17.9. The number of methoxy groups -OCH3 is 1. The number of halogens is 2. The predicted molar refractivity (Wildman–Crippen MR) is 106 cm³/mol. The quantitative estimate of drug-likeness (QED) is 0.797. The standard InChI is InChI=1S/C13H14BrFN4O.C5H11N/c1-20-13-17-11-8(2-3-9(14)10(11)15)12(18-13)19-6-4-16-5-7-19;1-6-4-2-3-5-6/h2-3,16H,4-7H2,1H3;2-5H2,1H3. The van der Waals surface area contributed by atoms with Gasteiger partial charge in [-0.2, -0.15) is 9.97 Å². The van der Waals surface area contributed by atoms with Gasteiger partial charge in [0.1, 0.15) is 11.3 Å². The molecule has 0 aliphatic carbocycles. The number of anilines is 1. The van der Waals surface area contributed by atoms with Crippen LogP contribution in [0.2, 0.25) is 0 Å². The maximum Gasteiger partial charge on any atom is 0.318 e. The summed E-state index contributed by atoms with van der Waals surface area (Å²) in [5, 5.41) is 3.99. The zero-order valence-electron chi connectivity index (χ0n) is 15.3. The number of ether oxygens (including phenoxy) is 1. The molecule has 1 aromatic heterocycles. The van der Waals surface area contributed by atoms with Crippen molar-refractivity contribution in [1.29, 1.82) is 0 Å². The molecule has 3 heterocycles. The van der Waals surface area contributed by atoms with Gasteiger partial charge in [0, 0.05) is 31.6 Å². The van der Waals surface area contributed by atoms with E-state index in [4.69, 9.17) is 4.74 Å². The molecule has 0 radical (unpaired) electrons. The average Bonchev–Trinajstić information content (AvgIpc) is 3.16. The molecule has 0 saturated carbocycles. The van der Waals surface area contributed by atoms with E-state index in [9.17, 15) is 4.39 Å². The van der Waals surface area contributed by atoms with E-state index < -0.39 is 0 Å². The fourth-order valence-electron chi connectivity index (χ4n) is 3.19. The fraction of sp³-hybridized carbons (Fsp3) is 0.556. The molecule has 2 saturated heterocycles. The van der Waals surface area contributed by atoms with Crippen LogP contribution in [0, 0.1) is 5.82 Å². The predicted octanol–water partition coefficient (Wildman–Crippen LogP) is 2.66. The molecule has 0 unspecified atom stereocenters. The van der Waals surface area contributed by atoms with Crippen molar-refractivity contribution in [2.75, 3.05) is 58.3 Å². The molecule has 8 heteroatoms. The zero-order chi connectivity index (χ0) is 18.5. The summed E-state index contributed by atoms with van der Waals surface area (Å²) in [6.07, 6.45) is 2.83. The van der Waals surface area contributed by atoms with Crippen LogP contribution in [0.1, 0.15) is 12.8 Å². The largest absolute Gasteiger partial charge is 0.467 e. The summed E-state index contributed by atoms with van der Waals surface area (Å²) >= 11 is 3.18. The van der Waals surface area contributed by atoms with Crippen LogP contribution >= 0.6 is 15.9 Å². The average molecular weight is 426 g/mol. The summed E-state index contributed by atoms with van der Waals surface area (Å²) in [5.41, 5.74) is 0.278. The van der Waals surface area contributed by atoms with E-state index in [0.717, 1.165) is 32.0 Å². The molecule has 0 bridgehead atoms. The summed E-state index contributed by atoms with van der Waals surface area (Å²) in [6.45, 7) is 6.06. The highest BCUT2D eigenvalue weighted by atomic mass is 79.9. The number of aromatic nitrogens is 2. The molecule has 0 spiro atoms. The molecule has 0 amide bonds. The molecule has 2 aliphatic heterocycles. The van der Waals surface area contributed by atoms with Crippen LogP contribution < -0.4 is 15.0 Å². The van der Waals surface area contributed by atoms with Crippen molar-refractivity contribution < 1.29 is 9.13 Å². The van der Waals surface area contributed by atoms with Gasteiger partial charge in [-0.05, 0) is 61.0 Å². The van der Waals surface area contributed by atoms with Gasteiger partial charge >= 0.3 is 6.01 Å². The minimum absolute atomic E-state index is 0.183. The van der Waals surface area contributed by atoms with Crippen molar-refractivity contribution in [3.05, 3.63) is 22.4 Å². The number of nitrogens with one attached hydrogen (secondary N) is 1. The van der Waals surface area contributed by atoms with E-state index in [2.05, 4.69) is 48.1 Å². The lowest BCUT2D eigenvalue weighted by molar-refractivity contribution is 0.381. The van der Waals surface area contributed by atoms with Crippen LogP contribution in [0.3, 0.4) is 0 Å². The second-order valence-electron chi connectivity index (χ2n) is 6.54. The molecule has 4 rings (SSSR count). The Morgan fingerprint density at radius 2 is 1.81 bits per heavy atom. The Labute approximate surface area is 161 Å². The number of rotatable bonds is 2. The molecule has 142 valence electrons. The first-order valence-corrected chi connectivity index (χ1v) is 9.73. The van der Waals surface area contributed by atoms with Crippen molar-refractivity contribution in [3.63, 3.8) is 0 Å². The van der Waals surface area contributed by atoms with Crippen molar-refractivity contribution in [2.24, 2.45) is 0 Å². The lowest BCUT2D eigenvalue weighted by Crippen LogP contribution is -2.44.